The standard InChI is InChI=1S/C55H53N/c1-7-16-47-46(21-15-22-48(47)45-20-12-11-17-38(45)2)41-27-31-43(32-28-41)56(42-29-25-40(26-30-42)39-18-9-8-10-19-39)44-33-34-51-52(35-44)54(5,6)37-55(51)36-53(3,4)49-23-13-14-24-50(49)55/h8-15,17-35H,7,16,36-37H2,1-6H3. The molecule has 7 aromatic rings. The van der Waals surface area contributed by atoms with E-state index in [4.69, 9.17) is 0 Å². The summed E-state index contributed by atoms with van der Waals surface area (Å²) in [5.41, 5.74) is 20.2. The highest BCUT2D eigenvalue weighted by Crippen LogP contribution is 2.63. The van der Waals surface area contributed by atoms with E-state index in [-0.39, 0.29) is 16.2 Å². The van der Waals surface area contributed by atoms with Gasteiger partial charge in [0.2, 0.25) is 0 Å². The van der Waals surface area contributed by atoms with Crippen molar-refractivity contribution < 1.29 is 0 Å². The van der Waals surface area contributed by atoms with Gasteiger partial charge >= 0.3 is 0 Å². The largest absolute Gasteiger partial charge is 0.310 e. The first kappa shape index (κ1) is 36.0. The van der Waals surface area contributed by atoms with Crippen LogP contribution < -0.4 is 4.90 Å². The van der Waals surface area contributed by atoms with Crippen molar-refractivity contribution in [2.45, 2.75) is 83.5 Å². The van der Waals surface area contributed by atoms with Gasteiger partial charge in [-0.15, -0.1) is 0 Å². The molecular weight excluding hydrogens is 675 g/mol. The van der Waals surface area contributed by atoms with Crippen molar-refractivity contribution in [3.63, 3.8) is 0 Å². The lowest BCUT2D eigenvalue weighted by Crippen LogP contribution is -2.26. The lowest BCUT2D eigenvalue weighted by atomic mass is 9.72. The van der Waals surface area contributed by atoms with Crippen LogP contribution in [0, 0.1) is 6.92 Å². The maximum Gasteiger partial charge on any atom is 0.0464 e. The molecular formula is C55H53N. The molecule has 9 rings (SSSR count). The number of rotatable bonds is 8. The summed E-state index contributed by atoms with van der Waals surface area (Å²) < 4.78 is 0. The van der Waals surface area contributed by atoms with Crippen LogP contribution in [0.1, 0.15) is 87.3 Å². The molecule has 2 aliphatic rings. The van der Waals surface area contributed by atoms with Gasteiger partial charge in [0.1, 0.15) is 0 Å². The predicted octanol–water partition coefficient (Wildman–Crippen LogP) is 15.1. The second-order valence-electron chi connectivity index (χ2n) is 17.7. The summed E-state index contributed by atoms with van der Waals surface area (Å²) in [6.45, 7) is 14.3. The third-order valence-electron chi connectivity index (χ3n) is 12.9. The minimum atomic E-state index is 0.0311. The van der Waals surface area contributed by atoms with Gasteiger partial charge in [-0.2, -0.15) is 0 Å². The molecule has 1 heteroatoms. The van der Waals surface area contributed by atoms with Crippen molar-refractivity contribution in [3.8, 4) is 33.4 Å². The second-order valence-corrected chi connectivity index (χ2v) is 17.7. The Hall–Kier alpha value is -5.66. The molecule has 0 aromatic heterocycles. The van der Waals surface area contributed by atoms with Crippen LogP contribution >= 0.6 is 0 Å². The summed E-state index contributed by atoms with van der Waals surface area (Å²) in [6, 6.07) is 61.4. The monoisotopic (exact) mass is 727 g/mol. The van der Waals surface area contributed by atoms with Crippen molar-refractivity contribution in [1.82, 2.24) is 0 Å². The molecule has 0 radical (unpaired) electrons. The number of hydrogen-bond donors (Lipinski definition) is 0. The lowest BCUT2D eigenvalue weighted by molar-refractivity contribution is 0.349. The van der Waals surface area contributed by atoms with Crippen molar-refractivity contribution in [1.29, 1.82) is 0 Å². The van der Waals surface area contributed by atoms with Crippen LogP contribution in [-0.2, 0) is 22.7 Å². The van der Waals surface area contributed by atoms with Gasteiger partial charge in [-0.05, 0) is 140 Å². The molecule has 1 spiro atoms. The van der Waals surface area contributed by atoms with Gasteiger partial charge < -0.3 is 4.90 Å². The number of benzene rings is 7. The summed E-state index contributed by atoms with van der Waals surface area (Å²) in [7, 11) is 0. The molecule has 0 bridgehead atoms. The van der Waals surface area contributed by atoms with Crippen molar-refractivity contribution in [2.24, 2.45) is 0 Å². The zero-order chi connectivity index (χ0) is 38.7. The average molecular weight is 728 g/mol. The first-order chi connectivity index (χ1) is 27.1. The fourth-order valence-electron chi connectivity index (χ4n) is 10.6. The smallest absolute Gasteiger partial charge is 0.0464 e. The minimum absolute atomic E-state index is 0.0311. The van der Waals surface area contributed by atoms with Crippen molar-refractivity contribution in [2.75, 3.05) is 4.90 Å². The summed E-state index contributed by atoms with van der Waals surface area (Å²) >= 11 is 0. The van der Waals surface area contributed by atoms with Crippen LogP contribution in [0.3, 0.4) is 0 Å². The highest BCUT2D eigenvalue weighted by molar-refractivity contribution is 5.84. The Morgan fingerprint density at radius 3 is 1.64 bits per heavy atom. The fourth-order valence-corrected chi connectivity index (χ4v) is 10.6. The Kier molecular flexibility index (Phi) is 8.89. The molecule has 56 heavy (non-hydrogen) atoms. The first-order valence-electron chi connectivity index (χ1n) is 20.6. The first-order valence-corrected chi connectivity index (χ1v) is 20.6. The Morgan fingerprint density at radius 2 is 0.964 bits per heavy atom. The van der Waals surface area contributed by atoms with E-state index in [0.717, 1.165) is 37.1 Å². The van der Waals surface area contributed by atoms with Gasteiger partial charge in [0.25, 0.3) is 0 Å². The molecule has 0 saturated heterocycles. The number of anilines is 3. The summed E-state index contributed by atoms with van der Waals surface area (Å²) in [5, 5.41) is 0. The molecule has 7 aromatic carbocycles. The van der Waals surface area contributed by atoms with Gasteiger partial charge in [-0.1, -0.05) is 168 Å². The van der Waals surface area contributed by atoms with Crippen LogP contribution in [0.5, 0.6) is 0 Å². The molecule has 2 aliphatic carbocycles. The quantitative estimate of drug-likeness (QED) is 0.151. The maximum atomic E-state index is 2.52. The van der Waals surface area contributed by atoms with Crippen LogP contribution in [0.25, 0.3) is 33.4 Å². The zero-order valence-electron chi connectivity index (χ0n) is 33.9. The molecule has 0 aliphatic heterocycles. The van der Waals surface area contributed by atoms with Crippen LogP contribution in [-0.4, -0.2) is 0 Å². The third kappa shape index (κ3) is 6.00. The average Bonchev–Trinajstić information content (AvgIpc) is 3.58. The van der Waals surface area contributed by atoms with E-state index in [0.29, 0.717) is 0 Å². The molecule has 0 fully saturated rings. The van der Waals surface area contributed by atoms with E-state index in [1.54, 1.807) is 0 Å². The minimum Gasteiger partial charge on any atom is -0.310 e. The summed E-state index contributed by atoms with van der Waals surface area (Å²) in [5.74, 6) is 0. The van der Waals surface area contributed by atoms with E-state index < -0.39 is 0 Å². The van der Waals surface area contributed by atoms with Gasteiger partial charge in [0.15, 0.2) is 0 Å². The Morgan fingerprint density at radius 1 is 0.446 bits per heavy atom. The number of aryl methyl sites for hydroxylation is 1. The molecule has 0 amide bonds. The summed E-state index contributed by atoms with van der Waals surface area (Å²) in [4.78, 5) is 2.46. The molecule has 0 saturated carbocycles. The molecule has 278 valence electrons. The van der Waals surface area contributed by atoms with Gasteiger partial charge in [-0.3, -0.25) is 0 Å². The van der Waals surface area contributed by atoms with Crippen LogP contribution in [0.4, 0.5) is 17.1 Å². The topological polar surface area (TPSA) is 3.24 Å². The Labute approximate surface area is 334 Å². The normalized spacial score (nSPS) is 17.5. The van der Waals surface area contributed by atoms with Crippen LogP contribution in [0.2, 0.25) is 0 Å². The SMILES string of the molecule is CCCc1c(-c2ccc(N(c3ccc(-c4ccccc4)cc3)c3ccc4c(c3)C(C)(C)CC43CC(C)(C)c4ccccc43)cc2)cccc1-c1ccccc1C. The maximum absolute atomic E-state index is 2.52. The van der Waals surface area contributed by atoms with E-state index in [9.17, 15) is 0 Å². The highest BCUT2D eigenvalue weighted by atomic mass is 15.1. The number of fused-ring (bicyclic) bond motifs is 4. The van der Waals surface area contributed by atoms with Crippen molar-refractivity contribution >= 4 is 17.1 Å². The lowest BCUT2D eigenvalue weighted by Gasteiger charge is -2.30. The van der Waals surface area contributed by atoms with Gasteiger partial charge in [0, 0.05) is 22.5 Å². The molecule has 1 atom stereocenters. The second kappa shape index (κ2) is 13.8. The fraction of sp³-hybridized carbons (Fsp3) is 0.236. The highest BCUT2D eigenvalue weighted by Gasteiger charge is 2.56. The van der Waals surface area contributed by atoms with Gasteiger partial charge in [-0.25, -0.2) is 0 Å². The predicted molar refractivity (Wildman–Crippen MR) is 239 cm³/mol. The third-order valence-corrected chi connectivity index (χ3v) is 12.9. The van der Waals surface area contributed by atoms with E-state index in [2.05, 4.69) is 210 Å². The molecule has 1 unspecified atom stereocenters. The van der Waals surface area contributed by atoms with Gasteiger partial charge in [0.05, 0.1) is 0 Å². The Bertz CT molecular complexity index is 2540. The number of nitrogens with zero attached hydrogens (tertiary/aromatic N) is 1. The molecule has 1 nitrogen and oxygen atoms in total. The van der Waals surface area contributed by atoms with E-state index in [1.165, 1.54) is 72.4 Å². The molecule has 0 N–H and O–H groups in total. The molecule has 0 heterocycles. The Balaban J connectivity index is 1.16. The van der Waals surface area contributed by atoms with Crippen LogP contribution in [0.15, 0.2) is 164 Å². The van der Waals surface area contributed by atoms with E-state index in [1.807, 2.05) is 0 Å². The zero-order valence-corrected chi connectivity index (χ0v) is 33.9. The summed E-state index contributed by atoms with van der Waals surface area (Å²) in [6.07, 6.45) is 4.41. The number of hydrogen-bond acceptors (Lipinski definition) is 1. The van der Waals surface area contributed by atoms with Crippen molar-refractivity contribution in [3.05, 3.63) is 197 Å². The van der Waals surface area contributed by atoms with E-state index >= 15 is 0 Å².